The summed E-state index contributed by atoms with van der Waals surface area (Å²) in [5.74, 6) is -0.0255. The predicted octanol–water partition coefficient (Wildman–Crippen LogP) is -0.222. The summed E-state index contributed by atoms with van der Waals surface area (Å²) in [5.41, 5.74) is 6.71. The second kappa shape index (κ2) is 4.37. The Kier molecular flexibility index (Phi) is 3.06. The molecule has 2 rings (SSSR count). The smallest absolute Gasteiger partial charge is 0.274 e. The summed E-state index contributed by atoms with van der Waals surface area (Å²) in [7, 11) is 3.81. The van der Waals surface area contributed by atoms with Crippen LogP contribution < -0.4 is 5.73 Å². The first kappa shape index (κ1) is 11.9. The summed E-state index contributed by atoms with van der Waals surface area (Å²) in [6, 6.07) is 0.377. The van der Waals surface area contributed by atoms with Crippen molar-refractivity contribution in [3.63, 3.8) is 0 Å². The normalized spacial score (nSPS) is 21.8. The number of aromatic nitrogens is 2. The maximum absolute atomic E-state index is 12.3. The third kappa shape index (κ3) is 2.12. The van der Waals surface area contributed by atoms with Crippen molar-refractivity contribution in [2.75, 3.05) is 32.4 Å². The minimum Gasteiger partial charge on any atom is -0.396 e. The van der Waals surface area contributed by atoms with Gasteiger partial charge in [-0.25, -0.2) is 0 Å². The van der Waals surface area contributed by atoms with Gasteiger partial charge in [0, 0.05) is 32.7 Å². The largest absolute Gasteiger partial charge is 0.396 e. The monoisotopic (exact) mass is 237 g/mol. The molecule has 0 aromatic carbocycles. The van der Waals surface area contributed by atoms with Crippen LogP contribution in [0.15, 0.2) is 6.20 Å². The molecule has 0 saturated carbocycles. The van der Waals surface area contributed by atoms with Crippen molar-refractivity contribution in [2.45, 2.75) is 13.0 Å². The van der Waals surface area contributed by atoms with Crippen LogP contribution in [-0.4, -0.2) is 58.2 Å². The van der Waals surface area contributed by atoms with Gasteiger partial charge in [0.15, 0.2) is 0 Å². The number of carbonyl (C=O) groups excluding carboxylic acids is 1. The van der Waals surface area contributed by atoms with Gasteiger partial charge in [-0.15, -0.1) is 0 Å². The van der Waals surface area contributed by atoms with Gasteiger partial charge in [-0.3, -0.25) is 9.48 Å². The number of hydrogen-bond donors (Lipinski definition) is 1. The fraction of sp³-hybridized carbons (Fsp3) is 0.636. The lowest BCUT2D eigenvalue weighted by Gasteiger charge is -2.37. The second-order valence-corrected chi connectivity index (χ2v) is 4.65. The van der Waals surface area contributed by atoms with E-state index in [9.17, 15) is 4.79 Å². The number of piperazine rings is 1. The molecule has 0 spiro atoms. The van der Waals surface area contributed by atoms with E-state index in [0.717, 1.165) is 19.6 Å². The fourth-order valence-corrected chi connectivity index (χ4v) is 2.10. The Labute approximate surface area is 101 Å². The van der Waals surface area contributed by atoms with Crippen LogP contribution >= 0.6 is 0 Å². The standard InChI is InChI=1S/C11H19N5O/c1-8-7-16(5-4-14(8)2)11(17)10-9(12)6-13-15(10)3/h6,8H,4-5,7,12H2,1-3H3. The van der Waals surface area contributed by atoms with Crippen LogP contribution in [0.3, 0.4) is 0 Å². The van der Waals surface area contributed by atoms with Gasteiger partial charge in [-0.1, -0.05) is 0 Å². The Hall–Kier alpha value is -1.56. The van der Waals surface area contributed by atoms with Crippen molar-refractivity contribution in [3.05, 3.63) is 11.9 Å². The van der Waals surface area contributed by atoms with E-state index < -0.39 is 0 Å². The molecule has 1 aliphatic heterocycles. The second-order valence-electron chi connectivity index (χ2n) is 4.65. The Morgan fingerprint density at radius 2 is 2.18 bits per heavy atom. The summed E-state index contributed by atoms with van der Waals surface area (Å²) < 4.78 is 1.54. The molecule has 1 aliphatic rings. The van der Waals surface area contributed by atoms with Gasteiger partial charge in [-0.2, -0.15) is 5.10 Å². The number of nitrogen functional groups attached to an aromatic ring is 1. The lowest BCUT2D eigenvalue weighted by Crippen LogP contribution is -2.52. The van der Waals surface area contributed by atoms with Crippen molar-refractivity contribution >= 4 is 11.6 Å². The van der Waals surface area contributed by atoms with Crippen molar-refractivity contribution in [2.24, 2.45) is 7.05 Å². The van der Waals surface area contributed by atoms with Crippen molar-refractivity contribution in [1.82, 2.24) is 19.6 Å². The first-order valence-corrected chi connectivity index (χ1v) is 5.77. The maximum Gasteiger partial charge on any atom is 0.274 e. The first-order valence-electron chi connectivity index (χ1n) is 5.77. The van der Waals surface area contributed by atoms with Crippen LogP contribution in [0, 0.1) is 0 Å². The molecular weight excluding hydrogens is 218 g/mol. The van der Waals surface area contributed by atoms with Crippen LogP contribution in [-0.2, 0) is 7.05 Å². The third-order valence-corrected chi connectivity index (χ3v) is 3.42. The van der Waals surface area contributed by atoms with E-state index >= 15 is 0 Å². The zero-order valence-corrected chi connectivity index (χ0v) is 10.6. The molecule has 1 atom stereocenters. The number of likely N-dealkylation sites (N-methyl/N-ethyl adjacent to an activating group) is 1. The van der Waals surface area contributed by atoms with E-state index in [0.29, 0.717) is 17.4 Å². The number of rotatable bonds is 1. The van der Waals surface area contributed by atoms with E-state index in [1.165, 1.54) is 6.20 Å². The Bertz CT molecular complexity index is 408. The number of nitrogens with two attached hydrogens (primary N) is 1. The minimum atomic E-state index is -0.0255. The highest BCUT2D eigenvalue weighted by atomic mass is 16.2. The summed E-state index contributed by atoms with van der Waals surface area (Å²) in [6.45, 7) is 4.49. The zero-order valence-electron chi connectivity index (χ0n) is 10.6. The van der Waals surface area contributed by atoms with Crippen LogP contribution in [0.5, 0.6) is 0 Å². The molecule has 0 aliphatic carbocycles. The van der Waals surface area contributed by atoms with E-state index in [-0.39, 0.29) is 5.91 Å². The SMILES string of the molecule is CC1CN(C(=O)c2c(N)cnn2C)CCN1C. The molecule has 2 heterocycles. The average molecular weight is 237 g/mol. The van der Waals surface area contributed by atoms with Crippen LogP contribution in [0.4, 0.5) is 5.69 Å². The summed E-state index contributed by atoms with van der Waals surface area (Å²) >= 11 is 0. The highest BCUT2D eigenvalue weighted by molar-refractivity contribution is 5.97. The lowest BCUT2D eigenvalue weighted by atomic mass is 10.2. The molecule has 1 aromatic rings. The third-order valence-electron chi connectivity index (χ3n) is 3.42. The Morgan fingerprint density at radius 3 is 2.71 bits per heavy atom. The summed E-state index contributed by atoms with van der Waals surface area (Å²) in [5, 5.41) is 4.00. The molecular formula is C11H19N5O. The quantitative estimate of drug-likeness (QED) is 0.733. The fourth-order valence-electron chi connectivity index (χ4n) is 2.10. The van der Waals surface area contributed by atoms with Gasteiger partial charge in [0.1, 0.15) is 5.69 Å². The molecule has 1 fully saturated rings. The molecule has 17 heavy (non-hydrogen) atoms. The van der Waals surface area contributed by atoms with Gasteiger partial charge in [-0.05, 0) is 14.0 Å². The highest BCUT2D eigenvalue weighted by Gasteiger charge is 2.27. The number of nitrogens with zero attached hydrogens (tertiary/aromatic N) is 4. The Morgan fingerprint density at radius 1 is 1.47 bits per heavy atom. The lowest BCUT2D eigenvalue weighted by molar-refractivity contribution is 0.0563. The van der Waals surface area contributed by atoms with Gasteiger partial charge < -0.3 is 15.5 Å². The van der Waals surface area contributed by atoms with Crippen molar-refractivity contribution < 1.29 is 4.79 Å². The minimum absolute atomic E-state index is 0.0255. The predicted molar refractivity (Wildman–Crippen MR) is 65.6 cm³/mol. The number of carbonyl (C=O) groups is 1. The molecule has 6 nitrogen and oxygen atoms in total. The van der Waals surface area contributed by atoms with Gasteiger partial charge >= 0.3 is 0 Å². The van der Waals surface area contributed by atoms with Gasteiger partial charge in [0.05, 0.1) is 11.9 Å². The van der Waals surface area contributed by atoms with E-state index in [4.69, 9.17) is 5.73 Å². The molecule has 1 amide bonds. The molecule has 94 valence electrons. The summed E-state index contributed by atoms with van der Waals surface area (Å²) in [4.78, 5) is 16.4. The molecule has 0 bridgehead atoms. The Balaban J connectivity index is 2.16. The van der Waals surface area contributed by atoms with Crippen molar-refractivity contribution in [1.29, 1.82) is 0 Å². The van der Waals surface area contributed by atoms with E-state index in [1.807, 2.05) is 4.90 Å². The highest BCUT2D eigenvalue weighted by Crippen LogP contribution is 2.15. The number of amides is 1. The van der Waals surface area contributed by atoms with E-state index in [1.54, 1.807) is 11.7 Å². The maximum atomic E-state index is 12.3. The molecule has 2 N–H and O–H groups in total. The van der Waals surface area contributed by atoms with E-state index in [2.05, 4.69) is 24.0 Å². The number of aryl methyl sites for hydroxylation is 1. The molecule has 6 heteroatoms. The van der Waals surface area contributed by atoms with Crippen LogP contribution in [0.25, 0.3) is 0 Å². The molecule has 1 aromatic heterocycles. The van der Waals surface area contributed by atoms with Crippen LogP contribution in [0.1, 0.15) is 17.4 Å². The number of hydrogen-bond acceptors (Lipinski definition) is 4. The van der Waals surface area contributed by atoms with Gasteiger partial charge in [0.25, 0.3) is 5.91 Å². The molecule has 1 saturated heterocycles. The number of anilines is 1. The molecule has 0 radical (unpaired) electrons. The summed E-state index contributed by atoms with van der Waals surface area (Å²) in [6.07, 6.45) is 1.52. The van der Waals surface area contributed by atoms with Crippen LogP contribution in [0.2, 0.25) is 0 Å². The molecule has 1 unspecified atom stereocenters. The van der Waals surface area contributed by atoms with Gasteiger partial charge in [0.2, 0.25) is 0 Å². The first-order chi connectivity index (χ1) is 8.00. The zero-order chi connectivity index (χ0) is 12.6. The van der Waals surface area contributed by atoms with Crippen molar-refractivity contribution in [3.8, 4) is 0 Å². The average Bonchev–Trinajstić information content (AvgIpc) is 2.62. The topological polar surface area (TPSA) is 67.4 Å².